The van der Waals surface area contributed by atoms with Crippen LogP contribution in [-0.4, -0.2) is 37.3 Å². The first-order valence-electron chi connectivity index (χ1n) is 5.19. The van der Waals surface area contributed by atoms with Crippen LogP contribution in [0.2, 0.25) is 0 Å². The van der Waals surface area contributed by atoms with E-state index in [2.05, 4.69) is 24.0 Å². The number of likely N-dealkylation sites (N-methyl/N-ethyl adjacent to an activating group) is 1. The molecule has 1 rings (SSSR count). The second-order valence-electron chi connectivity index (χ2n) is 3.61. The Balaban J connectivity index is 2.50. The fourth-order valence-corrected chi connectivity index (χ4v) is 3.05. The lowest BCUT2D eigenvalue weighted by molar-refractivity contribution is -0.0443. The molecule has 1 N–H and O–H groups in total. The van der Waals surface area contributed by atoms with Gasteiger partial charge in [-0.2, -0.15) is 11.8 Å². The van der Waals surface area contributed by atoms with Gasteiger partial charge >= 0.3 is 0 Å². The fourth-order valence-electron chi connectivity index (χ4n) is 1.98. The third-order valence-corrected chi connectivity index (χ3v) is 3.64. The molecule has 1 aliphatic heterocycles. The van der Waals surface area contributed by atoms with Crippen LogP contribution >= 0.6 is 11.8 Å². The Labute approximate surface area is 85.8 Å². The number of nitrogens with one attached hydrogen (secondary N) is 1. The molecule has 1 saturated heterocycles. The lowest BCUT2D eigenvalue weighted by atomic mass is 9.94. The van der Waals surface area contributed by atoms with Crippen LogP contribution in [0.25, 0.3) is 0 Å². The molecule has 0 spiro atoms. The molecular formula is C10H21NOS. The summed E-state index contributed by atoms with van der Waals surface area (Å²) in [6.45, 7) is 3.93. The van der Waals surface area contributed by atoms with Gasteiger partial charge in [-0.1, -0.05) is 0 Å². The molecule has 0 bridgehead atoms. The van der Waals surface area contributed by atoms with E-state index in [0.29, 0.717) is 0 Å². The molecule has 0 aliphatic carbocycles. The predicted molar refractivity (Wildman–Crippen MR) is 59.5 cm³/mol. The molecule has 0 aromatic carbocycles. The van der Waals surface area contributed by atoms with E-state index in [1.807, 2.05) is 7.05 Å². The Morgan fingerprint density at radius 1 is 1.38 bits per heavy atom. The van der Waals surface area contributed by atoms with Crippen LogP contribution in [0.15, 0.2) is 0 Å². The Bertz CT molecular complexity index is 125. The van der Waals surface area contributed by atoms with E-state index in [4.69, 9.17) is 4.74 Å². The Morgan fingerprint density at radius 2 is 2.23 bits per heavy atom. The van der Waals surface area contributed by atoms with Crippen LogP contribution in [0.1, 0.15) is 26.2 Å². The van der Waals surface area contributed by atoms with E-state index in [1.54, 1.807) is 0 Å². The summed E-state index contributed by atoms with van der Waals surface area (Å²) < 4.78 is 5.92. The minimum absolute atomic E-state index is 0.132. The van der Waals surface area contributed by atoms with Crippen molar-refractivity contribution in [3.05, 3.63) is 0 Å². The van der Waals surface area contributed by atoms with E-state index in [-0.39, 0.29) is 5.60 Å². The minimum atomic E-state index is 0.132. The molecule has 2 nitrogen and oxygen atoms in total. The smallest absolute Gasteiger partial charge is 0.0814 e. The van der Waals surface area contributed by atoms with Crippen molar-refractivity contribution in [2.75, 3.05) is 31.7 Å². The average molecular weight is 203 g/mol. The highest BCUT2D eigenvalue weighted by atomic mass is 32.2. The van der Waals surface area contributed by atoms with Crippen molar-refractivity contribution in [3.63, 3.8) is 0 Å². The summed E-state index contributed by atoms with van der Waals surface area (Å²) in [6.07, 6.45) is 3.72. The highest BCUT2D eigenvalue weighted by molar-refractivity contribution is 7.99. The maximum atomic E-state index is 5.92. The molecule has 0 radical (unpaired) electrons. The maximum Gasteiger partial charge on any atom is 0.0814 e. The quantitative estimate of drug-likeness (QED) is 0.754. The molecule has 78 valence electrons. The van der Waals surface area contributed by atoms with E-state index in [1.165, 1.54) is 30.8 Å². The Morgan fingerprint density at radius 3 is 2.92 bits per heavy atom. The Hall–Kier alpha value is 0.270. The number of rotatable bonds is 4. The third kappa shape index (κ3) is 3.49. The lowest BCUT2D eigenvalue weighted by Gasteiger charge is -2.32. The fraction of sp³-hybridized carbons (Fsp3) is 1.00. The van der Waals surface area contributed by atoms with Crippen LogP contribution in [-0.2, 0) is 4.74 Å². The van der Waals surface area contributed by atoms with Gasteiger partial charge in [0.1, 0.15) is 0 Å². The zero-order valence-corrected chi connectivity index (χ0v) is 9.58. The van der Waals surface area contributed by atoms with Crippen LogP contribution in [0.4, 0.5) is 0 Å². The molecule has 1 heterocycles. The van der Waals surface area contributed by atoms with Crippen molar-refractivity contribution in [3.8, 4) is 0 Å². The molecule has 3 heteroatoms. The van der Waals surface area contributed by atoms with Crippen molar-refractivity contribution < 1.29 is 4.74 Å². The number of hydrogen-bond donors (Lipinski definition) is 1. The topological polar surface area (TPSA) is 21.3 Å². The zero-order chi connectivity index (χ0) is 9.57. The van der Waals surface area contributed by atoms with Gasteiger partial charge in [0.2, 0.25) is 0 Å². The Kier molecular flexibility index (Phi) is 5.14. The van der Waals surface area contributed by atoms with Gasteiger partial charge in [-0.3, -0.25) is 0 Å². The highest BCUT2D eigenvalue weighted by Gasteiger charge is 2.30. The summed E-state index contributed by atoms with van der Waals surface area (Å²) in [6, 6.07) is 0. The second kappa shape index (κ2) is 5.89. The third-order valence-electron chi connectivity index (χ3n) is 2.57. The molecule has 1 aliphatic rings. The SMILES string of the molecule is CCOC1(CNC)CCCSCC1. The first-order chi connectivity index (χ1) is 6.33. The number of ether oxygens (including phenoxy) is 1. The van der Waals surface area contributed by atoms with Crippen LogP contribution in [0, 0.1) is 0 Å². The largest absolute Gasteiger partial charge is 0.374 e. The lowest BCUT2D eigenvalue weighted by Crippen LogP contribution is -2.42. The first kappa shape index (κ1) is 11.3. The highest BCUT2D eigenvalue weighted by Crippen LogP contribution is 2.28. The molecule has 1 unspecified atom stereocenters. The molecular weight excluding hydrogens is 182 g/mol. The van der Waals surface area contributed by atoms with Gasteiger partial charge in [-0.15, -0.1) is 0 Å². The molecule has 0 aromatic heterocycles. The van der Waals surface area contributed by atoms with Crippen LogP contribution in [0.5, 0.6) is 0 Å². The zero-order valence-electron chi connectivity index (χ0n) is 8.77. The summed E-state index contributed by atoms with van der Waals surface area (Å²) in [4.78, 5) is 0. The first-order valence-corrected chi connectivity index (χ1v) is 6.35. The van der Waals surface area contributed by atoms with Gasteiger partial charge < -0.3 is 10.1 Å². The van der Waals surface area contributed by atoms with Gasteiger partial charge in [0.15, 0.2) is 0 Å². The average Bonchev–Trinajstić information content (AvgIpc) is 2.32. The van der Waals surface area contributed by atoms with Gasteiger partial charge in [0, 0.05) is 13.2 Å². The van der Waals surface area contributed by atoms with Gasteiger partial charge in [-0.05, 0) is 44.7 Å². The van der Waals surface area contributed by atoms with Gasteiger partial charge in [0.05, 0.1) is 5.60 Å². The van der Waals surface area contributed by atoms with E-state index in [0.717, 1.165) is 13.2 Å². The molecule has 1 fully saturated rings. The van der Waals surface area contributed by atoms with Crippen LogP contribution in [0.3, 0.4) is 0 Å². The molecule has 0 amide bonds. The summed E-state index contributed by atoms with van der Waals surface area (Å²) in [5.41, 5.74) is 0.132. The summed E-state index contributed by atoms with van der Waals surface area (Å²) in [7, 11) is 2.01. The van der Waals surface area contributed by atoms with E-state index < -0.39 is 0 Å². The monoisotopic (exact) mass is 203 g/mol. The van der Waals surface area contributed by atoms with Gasteiger partial charge in [-0.25, -0.2) is 0 Å². The summed E-state index contributed by atoms with van der Waals surface area (Å²) in [5, 5.41) is 3.26. The van der Waals surface area contributed by atoms with Crippen molar-refractivity contribution in [1.82, 2.24) is 5.32 Å². The van der Waals surface area contributed by atoms with Crippen molar-refractivity contribution in [2.24, 2.45) is 0 Å². The van der Waals surface area contributed by atoms with Crippen LogP contribution < -0.4 is 5.32 Å². The molecule has 1 atom stereocenters. The number of hydrogen-bond acceptors (Lipinski definition) is 3. The number of thioether (sulfide) groups is 1. The summed E-state index contributed by atoms with van der Waals surface area (Å²) >= 11 is 2.06. The van der Waals surface area contributed by atoms with Gasteiger partial charge in [0.25, 0.3) is 0 Å². The minimum Gasteiger partial charge on any atom is -0.374 e. The predicted octanol–water partition coefficient (Wildman–Crippen LogP) is 1.90. The van der Waals surface area contributed by atoms with Crippen molar-refractivity contribution in [1.29, 1.82) is 0 Å². The van der Waals surface area contributed by atoms with E-state index in [9.17, 15) is 0 Å². The normalized spacial score (nSPS) is 30.0. The molecule has 13 heavy (non-hydrogen) atoms. The molecule has 0 aromatic rings. The van der Waals surface area contributed by atoms with Crippen molar-refractivity contribution in [2.45, 2.75) is 31.8 Å². The van der Waals surface area contributed by atoms with Crippen molar-refractivity contribution >= 4 is 11.8 Å². The standard InChI is InChI=1S/C10H21NOS/c1-3-12-10(9-11-2)5-4-7-13-8-6-10/h11H,3-9H2,1-2H3. The summed E-state index contributed by atoms with van der Waals surface area (Å²) in [5.74, 6) is 2.56. The second-order valence-corrected chi connectivity index (χ2v) is 4.84. The van der Waals surface area contributed by atoms with E-state index >= 15 is 0 Å². The maximum absolute atomic E-state index is 5.92. The molecule has 0 saturated carbocycles.